The first-order valence-corrected chi connectivity index (χ1v) is 12.5. The van der Waals surface area contributed by atoms with Crippen LogP contribution in [0.4, 0.5) is 16.4 Å². The average Bonchev–Trinajstić information content (AvgIpc) is 3.45. The Labute approximate surface area is 205 Å². The minimum absolute atomic E-state index is 0.160. The van der Waals surface area contributed by atoms with Crippen molar-refractivity contribution in [3.05, 3.63) is 64.0 Å². The van der Waals surface area contributed by atoms with Gasteiger partial charge in [-0.05, 0) is 68.5 Å². The summed E-state index contributed by atoms with van der Waals surface area (Å²) in [4.78, 5) is 21.7. The van der Waals surface area contributed by atoms with Crippen LogP contribution in [0.3, 0.4) is 0 Å². The molecule has 1 aromatic heterocycles. The molecule has 1 heterocycles. The number of hydrogen-bond acceptors (Lipinski definition) is 6. The summed E-state index contributed by atoms with van der Waals surface area (Å²) in [6.07, 6.45) is 4.82. The normalized spacial score (nSPS) is 12.6. The van der Waals surface area contributed by atoms with Gasteiger partial charge in [0.25, 0.3) is 5.91 Å². The van der Waals surface area contributed by atoms with E-state index in [4.69, 9.17) is 14.5 Å². The molecule has 0 unspecified atom stereocenters. The number of anilines is 2. The molecule has 4 rings (SSSR count). The fraction of sp³-hybridized carbons (Fsp3) is 0.333. The number of ether oxygens (including phenoxy) is 2. The second-order valence-electron chi connectivity index (χ2n) is 8.08. The van der Waals surface area contributed by atoms with Crippen molar-refractivity contribution in [1.29, 1.82) is 0 Å². The number of fused-ring (bicyclic) bond motifs is 1. The fourth-order valence-electron chi connectivity index (χ4n) is 4.29. The van der Waals surface area contributed by atoms with Gasteiger partial charge >= 0.3 is 0 Å². The molecule has 0 atom stereocenters. The highest BCUT2D eigenvalue weighted by Gasteiger charge is 2.27. The Kier molecular flexibility index (Phi) is 7.53. The Hall–Kier alpha value is -3.32. The van der Waals surface area contributed by atoms with Gasteiger partial charge in [-0.3, -0.25) is 4.79 Å². The standard InChI is InChI=1S/C27H31N3O3S/c1-5-30(6-2)19-12-10-18(11-13-19)17-28-27-25(21-8-7-9-24(21)34-27)26(31)29-22-15-14-20(32-3)16-23(22)33-4/h10-17H,5-9H2,1-4H3,(H,29,31)/b28-17+. The molecule has 3 aromatic rings. The molecule has 0 aliphatic heterocycles. The van der Waals surface area contributed by atoms with E-state index in [0.29, 0.717) is 22.7 Å². The lowest BCUT2D eigenvalue weighted by molar-refractivity contribution is 0.102. The topological polar surface area (TPSA) is 63.2 Å². The van der Waals surface area contributed by atoms with Crippen molar-refractivity contribution in [2.45, 2.75) is 33.1 Å². The molecule has 0 spiro atoms. The van der Waals surface area contributed by atoms with E-state index in [1.54, 1.807) is 43.8 Å². The highest BCUT2D eigenvalue weighted by molar-refractivity contribution is 7.16. The van der Waals surface area contributed by atoms with Crippen molar-refractivity contribution < 1.29 is 14.3 Å². The SMILES string of the molecule is CCN(CC)c1ccc(/C=N/c2sc3c(c2C(=O)Nc2ccc(OC)cc2OC)CCC3)cc1. The third-order valence-electron chi connectivity index (χ3n) is 6.14. The molecule has 1 N–H and O–H groups in total. The van der Waals surface area contributed by atoms with E-state index in [1.807, 2.05) is 6.21 Å². The summed E-state index contributed by atoms with van der Waals surface area (Å²) in [5, 5.41) is 3.78. The number of carbonyl (C=O) groups is 1. The number of thiophene rings is 1. The maximum atomic E-state index is 13.4. The summed E-state index contributed by atoms with van der Waals surface area (Å²) in [5.74, 6) is 1.06. The molecule has 178 valence electrons. The van der Waals surface area contributed by atoms with Crippen LogP contribution >= 0.6 is 11.3 Å². The molecule has 0 saturated carbocycles. The van der Waals surface area contributed by atoms with E-state index in [-0.39, 0.29) is 5.91 Å². The minimum atomic E-state index is -0.160. The number of nitrogens with zero attached hydrogens (tertiary/aromatic N) is 2. The second kappa shape index (κ2) is 10.7. The predicted octanol–water partition coefficient (Wildman–Crippen LogP) is 6.10. The largest absolute Gasteiger partial charge is 0.497 e. The molecule has 7 heteroatoms. The van der Waals surface area contributed by atoms with Crippen molar-refractivity contribution in [2.75, 3.05) is 37.5 Å². The lowest BCUT2D eigenvalue weighted by atomic mass is 10.1. The highest BCUT2D eigenvalue weighted by atomic mass is 32.1. The van der Waals surface area contributed by atoms with Crippen molar-refractivity contribution in [3.8, 4) is 11.5 Å². The number of amides is 1. The van der Waals surface area contributed by atoms with Gasteiger partial charge in [-0.15, -0.1) is 11.3 Å². The molecule has 1 aliphatic rings. The van der Waals surface area contributed by atoms with Crippen molar-refractivity contribution in [1.82, 2.24) is 0 Å². The summed E-state index contributed by atoms with van der Waals surface area (Å²) in [5.41, 5.74) is 4.61. The van der Waals surface area contributed by atoms with Crippen LogP contribution in [0.1, 0.15) is 46.6 Å². The summed E-state index contributed by atoms with van der Waals surface area (Å²) in [6.45, 7) is 6.26. The number of benzene rings is 2. The van der Waals surface area contributed by atoms with E-state index >= 15 is 0 Å². The third-order valence-corrected chi connectivity index (χ3v) is 7.34. The van der Waals surface area contributed by atoms with Crippen LogP contribution in [0.2, 0.25) is 0 Å². The quantitative estimate of drug-likeness (QED) is 0.378. The van der Waals surface area contributed by atoms with Crippen molar-refractivity contribution in [2.24, 2.45) is 4.99 Å². The molecule has 0 bridgehead atoms. The first-order valence-electron chi connectivity index (χ1n) is 11.6. The van der Waals surface area contributed by atoms with Crippen LogP contribution in [0.15, 0.2) is 47.5 Å². The number of aliphatic imine (C=N–C) groups is 1. The number of hydrogen-bond donors (Lipinski definition) is 1. The molecule has 34 heavy (non-hydrogen) atoms. The molecule has 2 aromatic carbocycles. The predicted molar refractivity (Wildman–Crippen MR) is 141 cm³/mol. The van der Waals surface area contributed by atoms with Crippen molar-refractivity contribution in [3.63, 3.8) is 0 Å². The van der Waals surface area contributed by atoms with E-state index in [0.717, 1.165) is 48.5 Å². The van der Waals surface area contributed by atoms with Crippen LogP contribution < -0.4 is 19.7 Å². The Bertz CT molecular complexity index is 1180. The molecule has 0 saturated heterocycles. The zero-order valence-electron chi connectivity index (χ0n) is 20.2. The van der Waals surface area contributed by atoms with Gasteiger partial charge in [0.05, 0.1) is 25.5 Å². The Morgan fingerprint density at radius 2 is 1.85 bits per heavy atom. The smallest absolute Gasteiger partial charge is 0.259 e. The number of methoxy groups -OCH3 is 2. The summed E-state index contributed by atoms with van der Waals surface area (Å²) in [6, 6.07) is 13.7. The van der Waals surface area contributed by atoms with Crippen LogP contribution in [0.25, 0.3) is 0 Å². The second-order valence-corrected chi connectivity index (χ2v) is 9.16. The molecule has 0 fully saturated rings. The van der Waals surface area contributed by atoms with E-state index in [9.17, 15) is 4.79 Å². The van der Waals surface area contributed by atoms with Crippen LogP contribution in [-0.2, 0) is 12.8 Å². The van der Waals surface area contributed by atoms with Crippen LogP contribution in [0, 0.1) is 0 Å². The van der Waals surface area contributed by atoms with E-state index < -0.39 is 0 Å². The molecule has 6 nitrogen and oxygen atoms in total. The molecular formula is C27H31N3O3S. The summed E-state index contributed by atoms with van der Waals surface area (Å²) < 4.78 is 10.7. The molecule has 0 radical (unpaired) electrons. The summed E-state index contributed by atoms with van der Waals surface area (Å²) in [7, 11) is 3.18. The lowest BCUT2D eigenvalue weighted by Gasteiger charge is -2.20. The Balaban J connectivity index is 1.59. The van der Waals surface area contributed by atoms with Gasteiger partial charge in [-0.1, -0.05) is 12.1 Å². The van der Waals surface area contributed by atoms with Gasteiger partial charge in [0.1, 0.15) is 16.5 Å². The Morgan fingerprint density at radius 1 is 1.09 bits per heavy atom. The first kappa shape index (κ1) is 23.8. The Morgan fingerprint density at radius 3 is 2.53 bits per heavy atom. The highest BCUT2D eigenvalue weighted by Crippen LogP contribution is 2.41. The van der Waals surface area contributed by atoms with Crippen LogP contribution in [-0.4, -0.2) is 39.4 Å². The van der Waals surface area contributed by atoms with Gasteiger partial charge in [-0.2, -0.15) is 0 Å². The number of aryl methyl sites for hydroxylation is 1. The molecule has 1 amide bonds. The zero-order valence-corrected chi connectivity index (χ0v) is 21.0. The van der Waals surface area contributed by atoms with Gasteiger partial charge < -0.3 is 19.7 Å². The van der Waals surface area contributed by atoms with Crippen molar-refractivity contribution >= 4 is 39.8 Å². The number of nitrogens with one attached hydrogen (secondary N) is 1. The van der Waals surface area contributed by atoms with Gasteiger partial charge in [0.2, 0.25) is 0 Å². The maximum absolute atomic E-state index is 13.4. The molecular weight excluding hydrogens is 446 g/mol. The van der Waals surface area contributed by atoms with E-state index in [2.05, 4.69) is 48.3 Å². The maximum Gasteiger partial charge on any atom is 0.259 e. The fourth-order valence-corrected chi connectivity index (χ4v) is 5.53. The first-order chi connectivity index (χ1) is 16.6. The number of rotatable bonds is 9. The number of carbonyl (C=O) groups excluding carboxylic acids is 1. The van der Waals surface area contributed by atoms with Gasteiger partial charge in [0.15, 0.2) is 0 Å². The minimum Gasteiger partial charge on any atom is -0.497 e. The van der Waals surface area contributed by atoms with Gasteiger partial charge in [0, 0.05) is 35.9 Å². The summed E-state index contributed by atoms with van der Waals surface area (Å²) >= 11 is 1.62. The van der Waals surface area contributed by atoms with Gasteiger partial charge in [-0.25, -0.2) is 4.99 Å². The third kappa shape index (κ3) is 4.94. The zero-order chi connectivity index (χ0) is 24.1. The molecule has 1 aliphatic carbocycles. The van der Waals surface area contributed by atoms with E-state index in [1.165, 1.54) is 10.6 Å². The lowest BCUT2D eigenvalue weighted by Crippen LogP contribution is -2.21. The van der Waals surface area contributed by atoms with Crippen LogP contribution in [0.5, 0.6) is 11.5 Å². The average molecular weight is 478 g/mol. The monoisotopic (exact) mass is 477 g/mol.